The molecule has 1 aliphatic rings. The molecule has 1 aliphatic heterocycles. The minimum absolute atomic E-state index is 0.0339. The molecule has 1 saturated heterocycles. The number of ketones is 1. The lowest BCUT2D eigenvalue weighted by Gasteiger charge is -2.24. The van der Waals surface area contributed by atoms with E-state index >= 15 is 0 Å². The maximum absolute atomic E-state index is 13.7. The lowest BCUT2D eigenvalue weighted by Crippen LogP contribution is -2.44. The van der Waals surface area contributed by atoms with E-state index in [4.69, 9.17) is 4.74 Å². The predicted molar refractivity (Wildman–Crippen MR) is 169 cm³/mol. The highest BCUT2D eigenvalue weighted by Crippen LogP contribution is 2.23. The summed E-state index contributed by atoms with van der Waals surface area (Å²) in [5.74, 6) is -0.660. The molecule has 0 aliphatic carbocycles. The van der Waals surface area contributed by atoms with Gasteiger partial charge in [0.05, 0.1) is 12.5 Å². The smallest absolute Gasteiger partial charge is 0.229 e. The summed E-state index contributed by atoms with van der Waals surface area (Å²) in [7, 11) is 0. The number of rotatable bonds is 13. The van der Waals surface area contributed by atoms with E-state index in [1.54, 1.807) is 0 Å². The van der Waals surface area contributed by atoms with E-state index in [9.17, 15) is 14.4 Å². The van der Waals surface area contributed by atoms with Gasteiger partial charge in [-0.1, -0.05) is 91.0 Å². The van der Waals surface area contributed by atoms with Gasteiger partial charge in [0.1, 0.15) is 5.75 Å². The number of hydrogen-bond acceptors (Lipinski definition) is 5. The molecule has 0 spiro atoms. The molecule has 4 aromatic rings. The minimum atomic E-state index is -0.721. The molecule has 0 bridgehead atoms. The molecule has 222 valence electrons. The van der Waals surface area contributed by atoms with Crippen LogP contribution in [0.15, 0.2) is 103 Å². The lowest BCUT2D eigenvalue weighted by molar-refractivity contribution is -0.130. The van der Waals surface area contributed by atoms with Gasteiger partial charge < -0.3 is 20.7 Å². The molecule has 43 heavy (non-hydrogen) atoms. The molecule has 3 N–H and O–H groups in total. The number of nitrogens with one attached hydrogen (secondary N) is 3. The van der Waals surface area contributed by atoms with Crippen molar-refractivity contribution < 1.29 is 19.1 Å². The average molecular weight is 578 g/mol. The summed E-state index contributed by atoms with van der Waals surface area (Å²) < 4.78 is 6.11. The van der Waals surface area contributed by atoms with E-state index in [-0.39, 0.29) is 36.6 Å². The molecule has 1 heterocycles. The fraction of sp³-hybridized carbons (Fsp3) is 0.306. The number of fused-ring (bicyclic) bond motifs is 1. The molecule has 2 amide bonds. The van der Waals surface area contributed by atoms with E-state index in [1.807, 2.05) is 103 Å². The first kappa shape index (κ1) is 30.0. The Kier molecular flexibility index (Phi) is 10.5. The summed E-state index contributed by atoms with van der Waals surface area (Å²) >= 11 is 0. The third-order valence-electron chi connectivity index (χ3n) is 8.04. The molecule has 0 radical (unpaired) electrons. The van der Waals surface area contributed by atoms with Crippen LogP contribution in [-0.4, -0.2) is 49.9 Å². The summed E-state index contributed by atoms with van der Waals surface area (Å²) in [4.78, 5) is 40.1. The molecule has 7 nitrogen and oxygen atoms in total. The van der Waals surface area contributed by atoms with E-state index in [0.29, 0.717) is 18.6 Å². The Morgan fingerprint density at radius 1 is 0.791 bits per heavy atom. The Hall–Kier alpha value is -4.49. The minimum Gasteiger partial charge on any atom is -0.483 e. The van der Waals surface area contributed by atoms with Gasteiger partial charge in [-0.15, -0.1) is 0 Å². The summed E-state index contributed by atoms with van der Waals surface area (Å²) in [5.41, 5.74) is 1.90. The van der Waals surface area contributed by atoms with Gasteiger partial charge in [0.15, 0.2) is 11.9 Å². The third-order valence-corrected chi connectivity index (χ3v) is 8.04. The van der Waals surface area contributed by atoms with Crippen LogP contribution in [0.25, 0.3) is 10.8 Å². The number of amides is 2. The van der Waals surface area contributed by atoms with E-state index in [2.05, 4.69) is 16.0 Å². The zero-order chi connectivity index (χ0) is 29.9. The van der Waals surface area contributed by atoms with Crippen LogP contribution in [0.4, 0.5) is 0 Å². The van der Waals surface area contributed by atoms with Crippen molar-refractivity contribution in [1.82, 2.24) is 16.0 Å². The highest BCUT2D eigenvalue weighted by molar-refractivity contribution is 5.93. The Labute approximate surface area is 253 Å². The summed E-state index contributed by atoms with van der Waals surface area (Å²) in [6, 6.07) is 33.1. The maximum Gasteiger partial charge on any atom is 0.229 e. The average Bonchev–Trinajstić information content (AvgIpc) is 3.06. The van der Waals surface area contributed by atoms with Gasteiger partial charge in [-0.25, -0.2) is 0 Å². The van der Waals surface area contributed by atoms with Crippen LogP contribution >= 0.6 is 0 Å². The molecule has 2 unspecified atom stereocenters. The van der Waals surface area contributed by atoms with Crippen LogP contribution in [0.1, 0.15) is 36.3 Å². The van der Waals surface area contributed by atoms with Crippen molar-refractivity contribution >= 4 is 28.4 Å². The van der Waals surface area contributed by atoms with Gasteiger partial charge in [-0.2, -0.15) is 0 Å². The number of Topliss-reactive ketones (excluding diaryl/α,β-unsaturated/α-hetero) is 1. The molecular formula is C36H39N3O4. The van der Waals surface area contributed by atoms with E-state index in [0.717, 1.165) is 47.8 Å². The van der Waals surface area contributed by atoms with Crippen LogP contribution in [-0.2, 0) is 20.8 Å². The van der Waals surface area contributed by atoms with Crippen molar-refractivity contribution in [2.75, 3.05) is 26.2 Å². The summed E-state index contributed by atoms with van der Waals surface area (Å²) in [6.45, 7) is 1.60. The maximum atomic E-state index is 13.7. The number of benzene rings is 4. The van der Waals surface area contributed by atoms with Gasteiger partial charge in [0.2, 0.25) is 11.8 Å². The van der Waals surface area contributed by atoms with Gasteiger partial charge in [-0.05, 0) is 72.8 Å². The monoisotopic (exact) mass is 577 g/mol. The van der Waals surface area contributed by atoms with Crippen LogP contribution in [0, 0.1) is 5.92 Å². The Bertz CT molecular complexity index is 1500. The number of ether oxygens (including phenoxy) is 1. The topological polar surface area (TPSA) is 96.5 Å². The molecule has 1 fully saturated rings. The number of carbonyl (C=O) groups is 3. The van der Waals surface area contributed by atoms with E-state index < -0.39 is 12.0 Å². The third kappa shape index (κ3) is 8.52. The van der Waals surface area contributed by atoms with Gasteiger partial charge in [0.25, 0.3) is 0 Å². The quantitative estimate of drug-likeness (QED) is 0.212. The Morgan fingerprint density at radius 2 is 1.47 bits per heavy atom. The second kappa shape index (κ2) is 15.1. The normalized spacial score (nSPS) is 14.9. The highest BCUT2D eigenvalue weighted by atomic mass is 16.5. The summed E-state index contributed by atoms with van der Waals surface area (Å²) in [6.07, 6.45) is 1.98. The molecular weight excluding hydrogens is 538 g/mol. The molecule has 2 atom stereocenters. The first-order valence-corrected chi connectivity index (χ1v) is 15.1. The van der Waals surface area contributed by atoms with Crippen molar-refractivity contribution in [2.24, 2.45) is 5.92 Å². The molecule has 4 aromatic carbocycles. The van der Waals surface area contributed by atoms with Gasteiger partial charge >= 0.3 is 0 Å². The largest absolute Gasteiger partial charge is 0.483 e. The second-order valence-corrected chi connectivity index (χ2v) is 11.1. The van der Waals surface area contributed by atoms with Crippen LogP contribution in [0.3, 0.4) is 0 Å². The Balaban J connectivity index is 1.28. The van der Waals surface area contributed by atoms with Crippen LogP contribution in [0.5, 0.6) is 5.75 Å². The molecule has 5 rings (SSSR count). The van der Waals surface area contributed by atoms with Crippen molar-refractivity contribution in [2.45, 2.75) is 37.7 Å². The number of carbonyl (C=O) groups excluding carboxylic acids is 3. The molecule has 7 heteroatoms. The SMILES string of the molecule is O=C(NCC(C(=O)NCC(=O)C(CCc1ccccc1)Oc1ccccc1)c1ccc2ccccc2c1)C1CCNCC1. The Morgan fingerprint density at radius 3 is 2.21 bits per heavy atom. The first-order valence-electron chi connectivity index (χ1n) is 15.1. The second-order valence-electron chi connectivity index (χ2n) is 11.1. The fourth-order valence-corrected chi connectivity index (χ4v) is 5.52. The van der Waals surface area contributed by atoms with E-state index in [1.165, 1.54) is 0 Å². The van der Waals surface area contributed by atoms with Crippen LogP contribution < -0.4 is 20.7 Å². The van der Waals surface area contributed by atoms with Gasteiger partial charge in [-0.3, -0.25) is 14.4 Å². The van der Waals surface area contributed by atoms with Gasteiger partial charge in [0, 0.05) is 12.5 Å². The standard InChI is InChI=1S/C36H39N3O4/c40-33(34(43-31-13-5-2-6-14-31)18-15-26-9-3-1-4-10-26)25-39-36(42)32(24-38-35(41)28-19-21-37-22-20-28)30-17-16-27-11-7-8-12-29(27)23-30/h1-14,16-17,23,28,32,34,37H,15,18-22,24-25H2,(H,38,41)(H,39,42). The predicted octanol–water partition coefficient (Wildman–Crippen LogP) is 4.80. The molecule has 0 saturated carbocycles. The highest BCUT2D eigenvalue weighted by Gasteiger charge is 2.27. The van der Waals surface area contributed by atoms with Crippen LogP contribution in [0.2, 0.25) is 0 Å². The van der Waals surface area contributed by atoms with Crippen molar-refractivity contribution in [3.8, 4) is 5.75 Å². The number of para-hydroxylation sites is 1. The zero-order valence-corrected chi connectivity index (χ0v) is 24.3. The first-order chi connectivity index (χ1) is 21.1. The number of piperidine rings is 1. The molecule has 0 aromatic heterocycles. The number of aryl methyl sites for hydroxylation is 1. The van der Waals surface area contributed by atoms with Crippen molar-refractivity contribution in [3.05, 3.63) is 114 Å². The lowest BCUT2D eigenvalue weighted by atomic mass is 9.93. The summed E-state index contributed by atoms with van der Waals surface area (Å²) in [5, 5.41) is 11.2. The number of hydrogen-bond donors (Lipinski definition) is 3. The van der Waals surface area contributed by atoms with Crippen molar-refractivity contribution in [1.29, 1.82) is 0 Å². The zero-order valence-electron chi connectivity index (χ0n) is 24.3. The van der Waals surface area contributed by atoms with Crippen molar-refractivity contribution in [3.63, 3.8) is 0 Å². The fourth-order valence-electron chi connectivity index (χ4n) is 5.52.